The first-order valence-corrected chi connectivity index (χ1v) is 3.68. The highest BCUT2D eigenvalue weighted by Gasteiger charge is 2.00. The molecule has 60 valence electrons. The Hall–Kier alpha value is -1.03. The van der Waals surface area contributed by atoms with Crippen LogP contribution in [0, 0.1) is 17.2 Å². The number of hydrogen-bond acceptors (Lipinski definition) is 1. The molecule has 0 amide bonds. The second-order valence-corrected chi connectivity index (χ2v) is 2.27. The van der Waals surface area contributed by atoms with E-state index in [1.807, 2.05) is 19.1 Å². The second-order valence-electron chi connectivity index (χ2n) is 2.27. The molecular formula is C10H15N. The number of rotatable bonds is 4. The highest BCUT2D eigenvalue weighted by molar-refractivity contribution is 4.95. The Morgan fingerprint density at radius 2 is 2.09 bits per heavy atom. The van der Waals surface area contributed by atoms with Gasteiger partial charge in [-0.1, -0.05) is 24.3 Å². The highest BCUT2D eigenvalue weighted by atomic mass is 14.3. The van der Waals surface area contributed by atoms with Crippen LogP contribution in [-0.4, -0.2) is 0 Å². The first-order valence-electron chi connectivity index (χ1n) is 5.18. The molecule has 11 heavy (non-hydrogen) atoms. The number of nitriles is 1. The van der Waals surface area contributed by atoms with Crippen LogP contribution in [-0.2, 0) is 0 Å². The lowest BCUT2D eigenvalue weighted by molar-refractivity contribution is 0.689. The van der Waals surface area contributed by atoms with Crippen LogP contribution in [0.3, 0.4) is 0 Å². The summed E-state index contributed by atoms with van der Waals surface area (Å²) in [6, 6.07) is 2.14. The average Bonchev–Trinajstić information content (AvgIpc) is 2.09. The van der Waals surface area contributed by atoms with Crippen molar-refractivity contribution < 1.29 is 4.11 Å². The summed E-state index contributed by atoms with van der Waals surface area (Å²) in [6.07, 6.45) is 7.71. The Balaban J connectivity index is 3.97. The first-order chi connectivity index (χ1) is 6.49. The molecule has 0 aliphatic carbocycles. The van der Waals surface area contributed by atoms with Gasteiger partial charge in [0.25, 0.3) is 0 Å². The molecule has 0 heterocycles. The van der Waals surface area contributed by atoms with Gasteiger partial charge in [-0.3, -0.25) is 0 Å². The lowest BCUT2D eigenvalue weighted by Crippen LogP contribution is -1.91. The maximum absolute atomic E-state index is 8.72. The van der Waals surface area contributed by atoms with Gasteiger partial charge in [0.1, 0.15) is 0 Å². The van der Waals surface area contributed by atoms with E-state index in [4.69, 9.17) is 9.37 Å². The standard InChI is InChI=1S/C10H15N/c1-3-5-7-10(9-11)8-6-4-2/h3-6,10H,7-8H2,1-2H3/b5-3-,6-4-/i1D3. The quantitative estimate of drug-likeness (QED) is 0.568. The first kappa shape index (κ1) is 5.60. The van der Waals surface area contributed by atoms with Crippen LogP contribution in [0.25, 0.3) is 0 Å². The largest absolute Gasteiger partial charge is 0.198 e. The van der Waals surface area contributed by atoms with Gasteiger partial charge in [0.15, 0.2) is 0 Å². The molecule has 1 heteroatoms. The van der Waals surface area contributed by atoms with Gasteiger partial charge in [-0.05, 0) is 26.6 Å². The average molecular weight is 152 g/mol. The predicted octanol–water partition coefficient (Wildman–Crippen LogP) is 3.06. The molecule has 0 saturated carbocycles. The normalized spacial score (nSPS) is 19.1. The fourth-order valence-corrected chi connectivity index (χ4v) is 0.734. The van der Waals surface area contributed by atoms with Crippen molar-refractivity contribution in [3.05, 3.63) is 24.3 Å². The van der Waals surface area contributed by atoms with E-state index < -0.39 is 6.85 Å². The molecule has 0 aliphatic heterocycles. The van der Waals surface area contributed by atoms with Crippen molar-refractivity contribution in [2.45, 2.75) is 26.6 Å². The topological polar surface area (TPSA) is 23.8 Å². The van der Waals surface area contributed by atoms with Crippen molar-refractivity contribution in [3.63, 3.8) is 0 Å². The van der Waals surface area contributed by atoms with E-state index in [1.165, 1.54) is 6.08 Å². The summed E-state index contributed by atoms with van der Waals surface area (Å²) >= 11 is 0. The van der Waals surface area contributed by atoms with Gasteiger partial charge >= 0.3 is 0 Å². The Bertz CT molecular complexity index is 245. The molecule has 0 aromatic rings. The fourth-order valence-electron chi connectivity index (χ4n) is 0.734. The Morgan fingerprint density at radius 3 is 2.55 bits per heavy atom. The molecule has 0 fully saturated rings. The smallest absolute Gasteiger partial charge is 0.0662 e. The molecule has 0 N–H and O–H groups in total. The summed E-state index contributed by atoms with van der Waals surface area (Å²) in [4.78, 5) is 0. The summed E-state index contributed by atoms with van der Waals surface area (Å²) in [7, 11) is 0. The molecule has 0 rings (SSSR count). The predicted molar refractivity (Wildman–Crippen MR) is 48.0 cm³/mol. The minimum absolute atomic E-state index is 0.121. The molecule has 1 unspecified atom stereocenters. The van der Waals surface area contributed by atoms with Crippen LogP contribution in [0.5, 0.6) is 0 Å². The van der Waals surface area contributed by atoms with Crippen LogP contribution in [0.4, 0.5) is 0 Å². The third kappa shape index (κ3) is 5.42. The molecule has 0 aromatic carbocycles. The zero-order valence-corrected chi connectivity index (χ0v) is 6.75. The van der Waals surface area contributed by atoms with E-state index in [1.54, 1.807) is 6.08 Å². The summed E-state index contributed by atoms with van der Waals surface area (Å²) < 4.78 is 20.8. The molecule has 1 atom stereocenters. The van der Waals surface area contributed by atoms with Crippen molar-refractivity contribution in [3.8, 4) is 6.07 Å². The minimum atomic E-state index is -2.03. The molecule has 0 aromatic heterocycles. The molecule has 0 saturated heterocycles. The zero-order valence-electron chi connectivity index (χ0n) is 9.75. The van der Waals surface area contributed by atoms with Gasteiger partial charge in [-0.25, -0.2) is 0 Å². The molecule has 0 bridgehead atoms. The van der Waals surface area contributed by atoms with Gasteiger partial charge in [0.05, 0.1) is 12.0 Å². The Kier molecular flexibility index (Phi) is 3.60. The van der Waals surface area contributed by atoms with Crippen LogP contribution < -0.4 is 0 Å². The number of allylic oxidation sites excluding steroid dienone is 4. The number of hydrogen-bond donors (Lipinski definition) is 0. The van der Waals surface area contributed by atoms with E-state index >= 15 is 0 Å². The Morgan fingerprint density at radius 1 is 1.45 bits per heavy atom. The molecule has 1 nitrogen and oxygen atoms in total. The summed E-state index contributed by atoms with van der Waals surface area (Å²) in [6.45, 7) is -0.132. The second kappa shape index (κ2) is 7.08. The van der Waals surface area contributed by atoms with Crippen molar-refractivity contribution in [1.29, 1.82) is 5.26 Å². The number of nitrogens with zero attached hydrogens (tertiary/aromatic N) is 1. The maximum atomic E-state index is 8.72. The summed E-state index contributed by atoms with van der Waals surface area (Å²) in [5, 5.41) is 8.72. The van der Waals surface area contributed by atoms with Gasteiger partial charge in [0.2, 0.25) is 0 Å². The summed E-state index contributed by atoms with van der Waals surface area (Å²) in [5.41, 5.74) is 0. The minimum Gasteiger partial charge on any atom is -0.198 e. The van der Waals surface area contributed by atoms with Gasteiger partial charge in [0, 0.05) is 4.11 Å². The van der Waals surface area contributed by atoms with Crippen LogP contribution in [0.1, 0.15) is 30.7 Å². The van der Waals surface area contributed by atoms with Gasteiger partial charge in [-0.15, -0.1) is 0 Å². The highest BCUT2D eigenvalue weighted by Crippen LogP contribution is 2.08. The monoisotopic (exact) mass is 152 g/mol. The molecule has 0 spiro atoms. The van der Waals surface area contributed by atoms with Crippen LogP contribution >= 0.6 is 0 Å². The third-order valence-corrected chi connectivity index (χ3v) is 1.38. The molecule has 0 radical (unpaired) electrons. The van der Waals surface area contributed by atoms with Crippen molar-refractivity contribution in [1.82, 2.24) is 0 Å². The molecular weight excluding hydrogens is 134 g/mol. The molecule has 0 aliphatic rings. The SMILES string of the molecule is [2H]C([2H])([2H])/C=C\CC(C#N)C/C=C\C. The van der Waals surface area contributed by atoms with Gasteiger partial charge < -0.3 is 0 Å². The summed E-state index contributed by atoms with van der Waals surface area (Å²) in [5.74, 6) is -0.121. The van der Waals surface area contributed by atoms with E-state index in [2.05, 4.69) is 6.07 Å². The van der Waals surface area contributed by atoms with Crippen molar-refractivity contribution >= 4 is 0 Å². The third-order valence-electron chi connectivity index (χ3n) is 1.38. The van der Waals surface area contributed by atoms with Crippen LogP contribution in [0.2, 0.25) is 0 Å². The van der Waals surface area contributed by atoms with Crippen LogP contribution in [0.15, 0.2) is 24.3 Å². The van der Waals surface area contributed by atoms with E-state index in [0.717, 1.165) is 0 Å². The van der Waals surface area contributed by atoms with E-state index in [9.17, 15) is 0 Å². The Labute approximate surface area is 73.3 Å². The zero-order chi connectivity index (χ0) is 11.0. The lowest BCUT2D eigenvalue weighted by Gasteiger charge is -1.99. The maximum Gasteiger partial charge on any atom is 0.0662 e. The van der Waals surface area contributed by atoms with Crippen molar-refractivity contribution in [2.24, 2.45) is 5.92 Å². The van der Waals surface area contributed by atoms with E-state index in [-0.39, 0.29) is 5.92 Å². The fraction of sp³-hybridized carbons (Fsp3) is 0.500. The lowest BCUT2D eigenvalue weighted by atomic mass is 10.0. The van der Waals surface area contributed by atoms with Gasteiger partial charge in [-0.2, -0.15) is 5.26 Å². The van der Waals surface area contributed by atoms with E-state index in [0.29, 0.717) is 12.8 Å². The van der Waals surface area contributed by atoms with Crippen molar-refractivity contribution in [2.75, 3.05) is 0 Å².